The summed E-state index contributed by atoms with van der Waals surface area (Å²) in [6, 6.07) is 0. The summed E-state index contributed by atoms with van der Waals surface area (Å²) in [5.41, 5.74) is -0.146. The average molecular weight is 276 g/mol. The lowest BCUT2D eigenvalue weighted by molar-refractivity contribution is -0.115. The van der Waals surface area contributed by atoms with Crippen LogP contribution in [0.1, 0.15) is 35.1 Å². The van der Waals surface area contributed by atoms with Crippen molar-refractivity contribution in [1.82, 2.24) is 9.80 Å². The second-order valence-corrected chi connectivity index (χ2v) is 6.90. The molecule has 0 aliphatic heterocycles. The first-order valence-corrected chi connectivity index (χ1v) is 6.32. The molecule has 0 saturated carbocycles. The lowest BCUT2D eigenvalue weighted by Crippen LogP contribution is -2.31. The highest BCUT2D eigenvalue weighted by Crippen LogP contribution is 2.13. The summed E-state index contributed by atoms with van der Waals surface area (Å²) in [5.74, 6) is 0. The quantitative estimate of drug-likeness (QED) is 0.753. The highest BCUT2D eigenvalue weighted by atomic mass is 16.3. The number of hydrogen-bond donors (Lipinski definition) is 1. The SMILES string of the molecule is C.CN(C)CC(C)(C)C=O.CN(C)CC(C)(C)CO. The molecule has 19 heavy (non-hydrogen) atoms. The molecule has 0 saturated heterocycles. The van der Waals surface area contributed by atoms with Crippen LogP contribution in [0.4, 0.5) is 0 Å². The van der Waals surface area contributed by atoms with E-state index in [1.807, 2.05) is 60.8 Å². The van der Waals surface area contributed by atoms with Gasteiger partial charge in [-0.05, 0) is 28.2 Å². The van der Waals surface area contributed by atoms with Gasteiger partial charge in [-0.15, -0.1) is 0 Å². The van der Waals surface area contributed by atoms with Crippen molar-refractivity contribution in [2.24, 2.45) is 10.8 Å². The molecular weight excluding hydrogens is 240 g/mol. The second kappa shape index (κ2) is 10.4. The molecule has 0 radical (unpaired) electrons. The van der Waals surface area contributed by atoms with Gasteiger partial charge in [0.2, 0.25) is 0 Å². The predicted molar refractivity (Wildman–Crippen MR) is 84.6 cm³/mol. The molecule has 1 N–H and O–H groups in total. The lowest BCUT2D eigenvalue weighted by atomic mass is 9.95. The zero-order valence-electron chi connectivity index (χ0n) is 13.4. The van der Waals surface area contributed by atoms with E-state index in [1.54, 1.807) is 0 Å². The number of aliphatic hydroxyl groups is 1. The van der Waals surface area contributed by atoms with Crippen LogP contribution >= 0.6 is 0 Å². The van der Waals surface area contributed by atoms with E-state index in [1.165, 1.54) is 0 Å². The fourth-order valence-corrected chi connectivity index (χ4v) is 1.76. The van der Waals surface area contributed by atoms with Gasteiger partial charge in [0.25, 0.3) is 0 Å². The number of carbonyl (C=O) groups excluding carboxylic acids is 1. The molecule has 0 aromatic heterocycles. The summed E-state index contributed by atoms with van der Waals surface area (Å²) in [6.07, 6.45) is 0.993. The Balaban J connectivity index is -0.000000256. The zero-order valence-corrected chi connectivity index (χ0v) is 13.4. The van der Waals surface area contributed by atoms with Crippen molar-refractivity contribution in [2.45, 2.75) is 35.1 Å². The minimum atomic E-state index is -0.191. The molecule has 0 amide bonds. The summed E-state index contributed by atoms with van der Waals surface area (Å²) >= 11 is 0. The summed E-state index contributed by atoms with van der Waals surface area (Å²) in [4.78, 5) is 14.4. The van der Waals surface area contributed by atoms with Crippen LogP contribution in [0.5, 0.6) is 0 Å². The Morgan fingerprint density at radius 1 is 0.947 bits per heavy atom. The first-order chi connectivity index (χ1) is 7.95. The monoisotopic (exact) mass is 276 g/mol. The highest BCUT2D eigenvalue weighted by Gasteiger charge is 2.17. The van der Waals surface area contributed by atoms with Crippen molar-refractivity contribution in [2.75, 3.05) is 47.9 Å². The normalized spacial score (nSPS) is 11.7. The van der Waals surface area contributed by atoms with E-state index in [-0.39, 0.29) is 24.9 Å². The molecule has 0 atom stereocenters. The van der Waals surface area contributed by atoms with Gasteiger partial charge >= 0.3 is 0 Å². The first-order valence-electron chi connectivity index (χ1n) is 6.32. The maximum absolute atomic E-state index is 10.3. The predicted octanol–water partition coefficient (Wildman–Crippen LogP) is 1.98. The van der Waals surface area contributed by atoms with Crippen molar-refractivity contribution in [1.29, 1.82) is 0 Å². The topological polar surface area (TPSA) is 43.8 Å². The van der Waals surface area contributed by atoms with E-state index in [4.69, 9.17) is 5.11 Å². The third-order valence-electron chi connectivity index (χ3n) is 2.22. The number of hydrogen-bond acceptors (Lipinski definition) is 4. The van der Waals surface area contributed by atoms with Gasteiger partial charge in [-0.1, -0.05) is 35.1 Å². The fourth-order valence-electron chi connectivity index (χ4n) is 1.76. The van der Waals surface area contributed by atoms with Gasteiger partial charge in [0, 0.05) is 30.5 Å². The Labute approximate surface area is 120 Å². The Morgan fingerprint density at radius 2 is 1.32 bits per heavy atom. The molecule has 0 aromatic carbocycles. The minimum Gasteiger partial charge on any atom is -0.396 e. The molecule has 4 heteroatoms. The van der Waals surface area contributed by atoms with Crippen molar-refractivity contribution in [3.63, 3.8) is 0 Å². The Hall–Kier alpha value is -0.450. The Morgan fingerprint density at radius 3 is 1.42 bits per heavy atom. The van der Waals surface area contributed by atoms with Gasteiger partial charge in [-0.25, -0.2) is 0 Å². The van der Waals surface area contributed by atoms with E-state index < -0.39 is 0 Å². The van der Waals surface area contributed by atoms with Crippen LogP contribution in [0.2, 0.25) is 0 Å². The van der Waals surface area contributed by atoms with Crippen LogP contribution in [-0.2, 0) is 4.79 Å². The fraction of sp³-hybridized carbons (Fsp3) is 0.933. The third-order valence-corrected chi connectivity index (χ3v) is 2.22. The van der Waals surface area contributed by atoms with E-state index in [2.05, 4.69) is 4.90 Å². The minimum absolute atomic E-state index is 0. The molecule has 0 aliphatic rings. The smallest absolute Gasteiger partial charge is 0.126 e. The summed E-state index contributed by atoms with van der Waals surface area (Å²) in [6.45, 7) is 9.96. The molecule has 0 bridgehead atoms. The largest absolute Gasteiger partial charge is 0.396 e. The summed E-state index contributed by atoms with van der Waals surface area (Å²) in [5, 5.41) is 8.82. The number of aliphatic hydroxyl groups excluding tert-OH is 1. The van der Waals surface area contributed by atoms with Gasteiger partial charge in [-0.3, -0.25) is 0 Å². The van der Waals surface area contributed by atoms with E-state index >= 15 is 0 Å². The molecular formula is C15H36N2O2. The van der Waals surface area contributed by atoms with Gasteiger partial charge in [-0.2, -0.15) is 0 Å². The summed E-state index contributed by atoms with van der Waals surface area (Å²) < 4.78 is 0. The van der Waals surface area contributed by atoms with Gasteiger partial charge in [0.15, 0.2) is 0 Å². The van der Waals surface area contributed by atoms with Gasteiger partial charge < -0.3 is 19.7 Å². The molecule has 118 valence electrons. The van der Waals surface area contributed by atoms with Gasteiger partial charge in [0.1, 0.15) is 6.29 Å². The Kier molecular flexibility index (Phi) is 12.9. The van der Waals surface area contributed by atoms with Gasteiger partial charge in [0.05, 0.1) is 0 Å². The van der Waals surface area contributed by atoms with Crippen molar-refractivity contribution in [3.05, 3.63) is 0 Å². The van der Waals surface area contributed by atoms with Crippen LogP contribution < -0.4 is 0 Å². The van der Waals surface area contributed by atoms with Crippen LogP contribution in [0.15, 0.2) is 0 Å². The van der Waals surface area contributed by atoms with E-state index in [0.29, 0.717) is 0 Å². The molecule has 0 spiro atoms. The molecule has 0 fully saturated rings. The molecule has 4 nitrogen and oxygen atoms in total. The maximum Gasteiger partial charge on any atom is 0.126 e. The van der Waals surface area contributed by atoms with Crippen LogP contribution in [0.25, 0.3) is 0 Å². The number of aldehydes is 1. The summed E-state index contributed by atoms with van der Waals surface area (Å²) in [7, 11) is 7.95. The molecule has 0 aliphatic carbocycles. The third kappa shape index (κ3) is 17.6. The lowest BCUT2D eigenvalue weighted by Gasteiger charge is -2.25. The Bertz CT molecular complexity index is 224. The maximum atomic E-state index is 10.3. The van der Waals surface area contributed by atoms with Crippen LogP contribution in [0.3, 0.4) is 0 Å². The van der Waals surface area contributed by atoms with Crippen LogP contribution in [0, 0.1) is 10.8 Å². The van der Waals surface area contributed by atoms with Crippen molar-refractivity contribution in [3.8, 4) is 0 Å². The molecule has 0 unspecified atom stereocenters. The zero-order chi connectivity index (χ0) is 15.0. The van der Waals surface area contributed by atoms with Crippen LogP contribution in [-0.4, -0.2) is 69.1 Å². The standard InChI is InChI=1S/C7H17NO.C7H15NO.CH4/c2*1-7(2,6-9)5-8(3)4;/h9H,5-6H2,1-4H3;6H,5H2,1-4H3;1H4. The second-order valence-electron chi connectivity index (χ2n) is 6.90. The average Bonchev–Trinajstić information content (AvgIpc) is 2.15. The highest BCUT2D eigenvalue weighted by molar-refractivity contribution is 5.58. The first kappa shape index (κ1) is 23.6. The van der Waals surface area contributed by atoms with E-state index in [9.17, 15) is 4.79 Å². The number of rotatable bonds is 6. The molecule has 0 heterocycles. The molecule has 0 aromatic rings. The van der Waals surface area contributed by atoms with Crippen molar-refractivity contribution < 1.29 is 9.90 Å². The molecule has 0 rings (SSSR count). The van der Waals surface area contributed by atoms with Crippen molar-refractivity contribution >= 4 is 6.29 Å². The number of carbonyl (C=O) groups is 1. The van der Waals surface area contributed by atoms with E-state index in [0.717, 1.165) is 19.4 Å². The number of nitrogens with zero attached hydrogens (tertiary/aromatic N) is 2.